The Balaban J connectivity index is 2.06. The Kier molecular flexibility index (Phi) is 4.57. The van der Waals surface area contributed by atoms with Crippen molar-refractivity contribution in [1.29, 1.82) is 0 Å². The lowest BCUT2D eigenvalue weighted by molar-refractivity contribution is -0.389. The lowest BCUT2D eigenvalue weighted by Crippen LogP contribution is -2.18. The Morgan fingerprint density at radius 3 is 2.77 bits per heavy atom. The van der Waals surface area contributed by atoms with Crippen molar-refractivity contribution < 1.29 is 19.2 Å². The first kappa shape index (κ1) is 15.3. The van der Waals surface area contributed by atoms with Crippen LogP contribution in [0, 0.1) is 10.1 Å². The molecule has 0 unspecified atom stereocenters. The molecule has 1 aromatic carbocycles. The number of carbonyl (C=O) groups is 1. The van der Waals surface area contributed by atoms with Gasteiger partial charge < -0.3 is 29.5 Å². The molecule has 0 spiro atoms. The molecule has 0 radical (unpaired) electrons. The summed E-state index contributed by atoms with van der Waals surface area (Å²) < 4.78 is 11.6. The Morgan fingerprint density at radius 1 is 1.41 bits per heavy atom. The number of benzene rings is 1. The highest BCUT2D eigenvalue weighted by Crippen LogP contribution is 2.28. The molecule has 1 amide bonds. The van der Waals surface area contributed by atoms with Crippen LogP contribution in [0.1, 0.15) is 0 Å². The summed E-state index contributed by atoms with van der Waals surface area (Å²) >= 11 is 0. The van der Waals surface area contributed by atoms with E-state index in [0.29, 0.717) is 17.2 Å². The quantitative estimate of drug-likeness (QED) is 0.639. The maximum Gasteiger partial charge on any atom is 0.381 e. The van der Waals surface area contributed by atoms with Gasteiger partial charge in [0.05, 0.1) is 19.9 Å². The highest BCUT2D eigenvalue weighted by Gasteiger charge is 2.13. The third-order valence-corrected chi connectivity index (χ3v) is 2.82. The van der Waals surface area contributed by atoms with Crippen molar-refractivity contribution in [2.45, 2.75) is 6.54 Å². The van der Waals surface area contributed by atoms with E-state index < -0.39 is 4.92 Å². The van der Waals surface area contributed by atoms with Crippen molar-refractivity contribution in [3.05, 3.63) is 40.8 Å². The maximum atomic E-state index is 12.0. The summed E-state index contributed by atoms with van der Waals surface area (Å²) in [6, 6.07) is 4.96. The van der Waals surface area contributed by atoms with E-state index in [1.165, 1.54) is 31.3 Å². The molecule has 9 nitrogen and oxygen atoms in total. The fourth-order valence-corrected chi connectivity index (χ4v) is 1.79. The van der Waals surface area contributed by atoms with Crippen LogP contribution in [-0.4, -0.2) is 34.6 Å². The molecule has 1 aromatic heterocycles. The monoisotopic (exact) mass is 306 g/mol. The van der Waals surface area contributed by atoms with Gasteiger partial charge in [-0.25, -0.2) is 0 Å². The van der Waals surface area contributed by atoms with Crippen molar-refractivity contribution in [2.24, 2.45) is 0 Å². The van der Waals surface area contributed by atoms with Gasteiger partial charge in [-0.1, -0.05) is 0 Å². The molecule has 1 heterocycles. The number of nitrogens with zero attached hydrogens (tertiary/aromatic N) is 3. The molecule has 0 aliphatic carbocycles. The summed E-state index contributed by atoms with van der Waals surface area (Å²) in [5, 5.41) is 13.2. The molecule has 22 heavy (non-hydrogen) atoms. The second kappa shape index (κ2) is 6.57. The Labute approximate surface area is 125 Å². The van der Waals surface area contributed by atoms with E-state index in [4.69, 9.17) is 9.47 Å². The van der Waals surface area contributed by atoms with Crippen LogP contribution in [0.25, 0.3) is 0 Å². The van der Waals surface area contributed by atoms with Gasteiger partial charge in [-0.15, -0.1) is 0 Å². The fourth-order valence-electron chi connectivity index (χ4n) is 1.79. The number of rotatable bonds is 6. The van der Waals surface area contributed by atoms with E-state index in [2.05, 4.69) is 10.3 Å². The predicted octanol–water partition coefficient (Wildman–Crippen LogP) is 1.45. The van der Waals surface area contributed by atoms with Gasteiger partial charge in [0.2, 0.25) is 12.2 Å². The number of hydrogen-bond acceptors (Lipinski definition) is 6. The van der Waals surface area contributed by atoms with Crippen LogP contribution < -0.4 is 14.8 Å². The second-order valence-electron chi connectivity index (χ2n) is 4.28. The molecule has 0 aliphatic heterocycles. The van der Waals surface area contributed by atoms with Crippen molar-refractivity contribution in [3.8, 4) is 11.5 Å². The molecule has 0 saturated heterocycles. The van der Waals surface area contributed by atoms with Crippen molar-refractivity contribution in [3.63, 3.8) is 0 Å². The van der Waals surface area contributed by atoms with Crippen LogP contribution in [0.5, 0.6) is 11.5 Å². The molecule has 0 atom stereocenters. The highest BCUT2D eigenvalue weighted by atomic mass is 16.6. The zero-order chi connectivity index (χ0) is 16.1. The molecular formula is C13H14N4O5. The largest absolute Gasteiger partial charge is 0.497 e. The number of nitrogens with one attached hydrogen (secondary N) is 1. The number of carbonyl (C=O) groups excluding carboxylic acids is 1. The minimum atomic E-state index is -0.624. The molecule has 9 heteroatoms. The van der Waals surface area contributed by atoms with Gasteiger partial charge >= 0.3 is 5.82 Å². The number of aromatic nitrogens is 2. The minimum absolute atomic E-state index is 0.101. The zero-order valence-electron chi connectivity index (χ0n) is 12.0. The van der Waals surface area contributed by atoms with Crippen molar-refractivity contribution in [2.75, 3.05) is 19.5 Å². The Morgan fingerprint density at radius 2 is 2.18 bits per heavy atom. The summed E-state index contributed by atoms with van der Waals surface area (Å²) in [5.41, 5.74) is 0.475. The Hall–Kier alpha value is -3.10. The fraction of sp³-hybridized carbons (Fsp3) is 0.231. The number of methoxy groups -OCH3 is 2. The van der Waals surface area contributed by atoms with Gasteiger partial charge in [0.25, 0.3) is 0 Å². The summed E-state index contributed by atoms with van der Waals surface area (Å²) in [6.45, 7) is -0.101. The third-order valence-electron chi connectivity index (χ3n) is 2.82. The van der Waals surface area contributed by atoms with Gasteiger partial charge in [0.15, 0.2) is 0 Å². The van der Waals surface area contributed by atoms with Crippen molar-refractivity contribution >= 4 is 17.4 Å². The second-order valence-corrected chi connectivity index (χ2v) is 4.28. The van der Waals surface area contributed by atoms with Gasteiger partial charge in [-0.3, -0.25) is 4.79 Å². The van der Waals surface area contributed by atoms with Crippen LogP contribution in [0.15, 0.2) is 30.7 Å². The van der Waals surface area contributed by atoms with Crippen LogP contribution in [-0.2, 0) is 11.3 Å². The third kappa shape index (κ3) is 3.51. The first-order chi connectivity index (χ1) is 10.5. The molecule has 2 rings (SSSR count). The molecule has 1 N–H and O–H groups in total. The van der Waals surface area contributed by atoms with E-state index in [9.17, 15) is 14.9 Å². The predicted molar refractivity (Wildman–Crippen MR) is 77.1 cm³/mol. The summed E-state index contributed by atoms with van der Waals surface area (Å²) in [6.07, 6.45) is 2.41. The number of ether oxygens (including phenoxy) is 2. The minimum Gasteiger partial charge on any atom is -0.497 e. The maximum absolute atomic E-state index is 12.0. The van der Waals surface area contributed by atoms with Crippen molar-refractivity contribution in [1.82, 2.24) is 9.55 Å². The standard InChI is InChI=1S/C13H14N4O5/c1-21-9-3-4-10(11(5-9)22-2)15-13(18)7-16-6-12(14-8-16)17(19)20/h3-6,8H,7H2,1-2H3,(H,15,18). The van der Waals surface area contributed by atoms with E-state index in [1.54, 1.807) is 18.2 Å². The first-order valence-corrected chi connectivity index (χ1v) is 6.21. The number of amides is 1. The number of imidazole rings is 1. The normalized spacial score (nSPS) is 10.1. The molecule has 116 valence electrons. The van der Waals surface area contributed by atoms with Gasteiger partial charge in [-0.2, -0.15) is 0 Å². The van der Waals surface area contributed by atoms with Gasteiger partial charge in [0, 0.05) is 6.07 Å². The van der Waals surface area contributed by atoms with E-state index in [-0.39, 0.29) is 18.3 Å². The highest BCUT2D eigenvalue weighted by molar-refractivity contribution is 5.92. The van der Waals surface area contributed by atoms with E-state index >= 15 is 0 Å². The zero-order valence-corrected chi connectivity index (χ0v) is 12.0. The molecule has 0 fully saturated rings. The average Bonchev–Trinajstić information content (AvgIpc) is 2.96. The number of anilines is 1. The number of nitro groups is 1. The Bertz CT molecular complexity index is 697. The smallest absolute Gasteiger partial charge is 0.381 e. The molecule has 0 bridgehead atoms. The van der Waals surface area contributed by atoms with Crippen LogP contribution in [0.3, 0.4) is 0 Å². The molecular weight excluding hydrogens is 292 g/mol. The van der Waals surface area contributed by atoms with Crippen LogP contribution in [0.2, 0.25) is 0 Å². The van der Waals surface area contributed by atoms with Gasteiger partial charge in [0.1, 0.15) is 24.2 Å². The van der Waals surface area contributed by atoms with E-state index in [1.807, 2.05) is 0 Å². The SMILES string of the molecule is COc1ccc(NC(=O)Cn2cnc([N+](=O)[O-])c2)c(OC)c1. The van der Waals surface area contributed by atoms with E-state index in [0.717, 1.165) is 0 Å². The molecule has 2 aromatic rings. The molecule has 0 saturated carbocycles. The van der Waals surface area contributed by atoms with Gasteiger partial charge in [-0.05, 0) is 22.0 Å². The molecule has 0 aliphatic rings. The number of hydrogen-bond donors (Lipinski definition) is 1. The lowest BCUT2D eigenvalue weighted by atomic mass is 10.2. The summed E-state index contributed by atoms with van der Waals surface area (Å²) in [5.74, 6) is 0.370. The first-order valence-electron chi connectivity index (χ1n) is 6.21. The van der Waals surface area contributed by atoms with Crippen LogP contribution in [0.4, 0.5) is 11.5 Å². The lowest BCUT2D eigenvalue weighted by Gasteiger charge is -2.11. The summed E-state index contributed by atoms with van der Waals surface area (Å²) in [7, 11) is 3.00. The van der Waals surface area contributed by atoms with Crippen LogP contribution >= 0.6 is 0 Å². The topological polar surface area (TPSA) is 109 Å². The summed E-state index contributed by atoms with van der Waals surface area (Å²) in [4.78, 5) is 25.5. The average molecular weight is 306 g/mol.